The van der Waals surface area contributed by atoms with Gasteiger partial charge >= 0.3 is 5.97 Å². The van der Waals surface area contributed by atoms with Crippen LogP contribution in [-0.4, -0.2) is 23.8 Å². The van der Waals surface area contributed by atoms with E-state index in [0.717, 1.165) is 0 Å². The summed E-state index contributed by atoms with van der Waals surface area (Å²) in [5, 5.41) is 5.70. The lowest BCUT2D eigenvalue weighted by atomic mass is 9.95. The molecule has 0 saturated heterocycles. The maximum absolute atomic E-state index is 12.2. The second-order valence-electron chi connectivity index (χ2n) is 7.32. The number of ether oxygens (including phenoxy) is 1. The molecule has 28 heavy (non-hydrogen) atoms. The first-order valence-corrected chi connectivity index (χ1v) is 9.14. The van der Waals surface area contributed by atoms with Gasteiger partial charge in [0.05, 0.1) is 10.6 Å². The Balaban J connectivity index is 1.95. The molecule has 0 aliphatic rings. The molecular weight excluding hydrogens is 380 g/mol. The number of hydrogen-bond acceptors (Lipinski definition) is 4. The van der Waals surface area contributed by atoms with Gasteiger partial charge in [0.1, 0.15) is 11.8 Å². The van der Waals surface area contributed by atoms with Gasteiger partial charge in [-0.25, -0.2) is 4.79 Å². The highest BCUT2D eigenvalue weighted by Crippen LogP contribution is 2.20. The van der Waals surface area contributed by atoms with Crippen LogP contribution in [-0.2, 0) is 9.59 Å². The molecule has 0 bridgehead atoms. The van der Waals surface area contributed by atoms with Gasteiger partial charge in [-0.1, -0.05) is 44.5 Å². The van der Waals surface area contributed by atoms with Crippen molar-refractivity contribution in [3.8, 4) is 5.75 Å². The van der Waals surface area contributed by atoms with Crippen molar-refractivity contribution in [2.75, 3.05) is 5.32 Å². The highest BCUT2D eigenvalue weighted by molar-refractivity contribution is 6.34. The van der Waals surface area contributed by atoms with Crippen LogP contribution in [0, 0.1) is 5.41 Å². The first kappa shape index (κ1) is 21.4. The summed E-state index contributed by atoms with van der Waals surface area (Å²) in [6, 6.07) is 12.3. The van der Waals surface area contributed by atoms with Crippen molar-refractivity contribution < 1.29 is 19.1 Å². The van der Waals surface area contributed by atoms with Crippen LogP contribution in [0.5, 0.6) is 5.75 Å². The van der Waals surface area contributed by atoms with Crippen molar-refractivity contribution in [1.29, 1.82) is 0 Å². The highest BCUT2D eigenvalue weighted by atomic mass is 35.5. The third-order valence-corrected chi connectivity index (χ3v) is 4.16. The molecule has 2 aromatic rings. The second-order valence-corrected chi connectivity index (χ2v) is 7.73. The van der Waals surface area contributed by atoms with E-state index in [2.05, 4.69) is 10.6 Å². The van der Waals surface area contributed by atoms with Crippen LogP contribution in [0.1, 0.15) is 38.1 Å². The lowest BCUT2D eigenvalue weighted by Crippen LogP contribution is -2.45. The minimum atomic E-state index is -0.786. The number of carbonyl (C=O) groups is 3. The molecular formula is C21H23ClN2O4. The van der Waals surface area contributed by atoms with Gasteiger partial charge in [0, 0.05) is 11.1 Å². The number of nitrogens with one attached hydrogen (secondary N) is 2. The molecule has 0 aromatic heterocycles. The zero-order valence-corrected chi connectivity index (χ0v) is 17.0. The molecule has 6 nitrogen and oxygen atoms in total. The summed E-state index contributed by atoms with van der Waals surface area (Å²) >= 11 is 6.01. The number of esters is 1. The molecule has 0 aliphatic heterocycles. The van der Waals surface area contributed by atoms with Crippen molar-refractivity contribution in [2.24, 2.45) is 5.41 Å². The van der Waals surface area contributed by atoms with Crippen LogP contribution in [0.4, 0.5) is 5.69 Å². The smallest absolute Gasteiger partial charge is 0.333 e. The van der Waals surface area contributed by atoms with Crippen LogP contribution in [0.15, 0.2) is 48.5 Å². The molecule has 148 valence electrons. The molecule has 0 radical (unpaired) electrons. The number of rotatable bonds is 5. The molecule has 0 fully saturated rings. The topological polar surface area (TPSA) is 84.5 Å². The Morgan fingerprint density at radius 1 is 1.00 bits per heavy atom. The van der Waals surface area contributed by atoms with E-state index in [0.29, 0.717) is 22.0 Å². The zero-order chi connectivity index (χ0) is 20.9. The second kappa shape index (κ2) is 8.89. The van der Waals surface area contributed by atoms with Gasteiger partial charge in [-0.05, 0) is 43.3 Å². The number of carbonyl (C=O) groups excluding carboxylic acids is 3. The van der Waals surface area contributed by atoms with Crippen molar-refractivity contribution in [3.05, 3.63) is 59.1 Å². The predicted octanol–water partition coefficient (Wildman–Crippen LogP) is 4.05. The fourth-order valence-electron chi connectivity index (χ4n) is 2.13. The monoisotopic (exact) mass is 402 g/mol. The maximum Gasteiger partial charge on any atom is 0.333 e. The van der Waals surface area contributed by atoms with Crippen LogP contribution in [0.25, 0.3) is 0 Å². The first-order valence-electron chi connectivity index (χ1n) is 8.76. The molecule has 0 heterocycles. The molecule has 2 rings (SSSR count). The molecule has 0 spiro atoms. The lowest BCUT2D eigenvalue weighted by Gasteiger charge is -2.20. The first-order chi connectivity index (χ1) is 13.1. The number of hydrogen-bond donors (Lipinski definition) is 2. The van der Waals surface area contributed by atoms with E-state index < -0.39 is 17.4 Å². The van der Waals surface area contributed by atoms with Crippen LogP contribution in [0.3, 0.4) is 0 Å². The van der Waals surface area contributed by atoms with Gasteiger partial charge < -0.3 is 15.4 Å². The fraction of sp³-hybridized carbons (Fsp3) is 0.286. The van der Waals surface area contributed by atoms with Crippen LogP contribution >= 0.6 is 11.6 Å². The molecule has 7 heteroatoms. The third-order valence-electron chi connectivity index (χ3n) is 3.83. The Bertz CT molecular complexity index is 873. The van der Waals surface area contributed by atoms with Crippen molar-refractivity contribution in [2.45, 2.75) is 33.7 Å². The lowest BCUT2D eigenvalue weighted by molar-refractivity contribution is -0.140. The minimum absolute atomic E-state index is 0.241. The largest absolute Gasteiger partial charge is 0.425 e. The molecule has 1 unspecified atom stereocenters. The zero-order valence-electron chi connectivity index (χ0n) is 16.2. The van der Waals surface area contributed by atoms with E-state index in [1.54, 1.807) is 76.2 Å². The van der Waals surface area contributed by atoms with Gasteiger partial charge in [-0.2, -0.15) is 0 Å². The normalized spacial score (nSPS) is 12.0. The van der Waals surface area contributed by atoms with E-state index in [1.165, 1.54) is 0 Å². The number of benzene rings is 2. The average molecular weight is 403 g/mol. The maximum atomic E-state index is 12.2. The summed E-state index contributed by atoms with van der Waals surface area (Å²) in [5.41, 5.74) is 0.289. The summed E-state index contributed by atoms with van der Waals surface area (Å²) in [6.07, 6.45) is 0. The minimum Gasteiger partial charge on any atom is -0.425 e. The van der Waals surface area contributed by atoms with Crippen LogP contribution in [0.2, 0.25) is 5.02 Å². The fourth-order valence-corrected chi connectivity index (χ4v) is 2.35. The summed E-state index contributed by atoms with van der Waals surface area (Å²) in [6.45, 7) is 6.84. The molecule has 0 aliphatic carbocycles. The van der Waals surface area contributed by atoms with E-state index in [9.17, 15) is 14.4 Å². The van der Waals surface area contributed by atoms with E-state index in [-0.39, 0.29) is 11.8 Å². The Morgan fingerprint density at radius 3 is 2.18 bits per heavy atom. The van der Waals surface area contributed by atoms with Crippen molar-refractivity contribution in [3.63, 3.8) is 0 Å². The summed E-state index contributed by atoms with van der Waals surface area (Å²) in [4.78, 5) is 36.3. The Hall–Kier alpha value is -2.86. The number of anilines is 1. The quantitative estimate of drug-likeness (QED) is 0.583. The Labute approximate surface area is 169 Å². The summed E-state index contributed by atoms with van der Waals surface area (Å²) in [7, 11) is 0. The molecule has 2 aromatic carbocycles. The van der Waals surface area contributed by atoms with Gasteiger partial charge in [-0.15, -0.1) is 0 Å². The standard InChI is InChI=1S/C21H23ClN2O4/c1-13(23-20(27)21(2,3)4)19(26)28-15-11-9-14(10-12-15)24-18(25)16-7-5-6-8-17(16)22/h5-13H,1-4H3,(H,23,27)(H,24,25). The van der Waals surface area contributed by atoms with E-state index in [1.807, 2.05) is 0 Å². The highest BCUT2D eigenvalue weighted by Gasteiger charge is 2.26. The molecule has 2 amide bonds. The van der Waals surface area contributed by atoms with E-state index >= 15 is 0 Å². The summed E-state index contributed by atoms with van der Waals surface area (Å²) in [5.74, 6) is -0.855. The SMILES string of the molecule is CC(NC(=O)C(C)(C)C)C(=O)Oc1ccc(NC(=O)c2ccccc2Cl)cc1. The predicted molar refractivity (Wildman–Crippen MR) is 109 cm³/mol. The van der Waals surface area contributed by atoms with Gasteiger partial charge in [0.25, 0.3) is 5.91 Å². The Kier molecular flexibility index (Phi) is 6.80. The van der Waals surface area contributed by atoms with Crippen molar-refractivity contribution in [1.82, 2.24) is 5.32 Å². The average Bonchev–Trinajstić information content (AvgIpc) is 2.62. The summed E-state index contributed by atoms with van der Waals surface area (Å²) < 4.78 is 5.27. The van der Waals surface area contributed by atoms with Gasteiger partial charge in [-0.3, -0.25) is 9.59 Å². The number of amides is 2. The van der Waals surface area contributed by atoms with E-state index in [4.69, 9.17) is 16.3 Å². The van der Waals surface area contributed by atoms with Crippen molar-refractivity contribution >= 4 is 35.1 Å². The molecule has 1 atom stereocenters. The van der Waals surface area contributed by atoms with Gasteiger partial charge in [0.15, 0.2) is 0 Å². The molecule has 0 saturated carbocycles. The van der Waals surface area contributed by atoms with Crippen LogP contribution < -0.4 is 15.4 Å². The van der Waals surface area contributed by atoms with Gasteiger partial charge in [0.2, 0.25) is 5.91 Å². The third kappa shape index (κ3) is 5.82. The Morgan fingerprint density at radius 2 is 1.61 bits per heavy atom. The number of halogens is 1. The molecule has 2 N–H and O–H groups in total.